The Morgan fingerprint density at radius 3 is 2.40 bits per heavy atom. The molecule has 1 amide bonds. The van der Waals surface area contributed by atoms with Crippen LogP contribution in [-0.2, 0) is 4.79 Å². The van der Waals surface area contributed by atoms with Gasteiger partial charge in [0.15, 0.2) is 0 Å². The maximum atomic E-state index is 11.9. The van der Waals surface area contributed by atoms with Crippen molar-refractivity contribution in [3.8, 4) is 0 Å². The van der Waals surface area contributed by atoms with Crippen LogP contribution in [0.15, 0.2) is 0 Å². The summed E-state index contributed by atoms with van der Waals surface area (Å²) in [7, 11) is 0. The van der Waals surface area contributed by atoms with E-state index in [1.807, 2.05) is 25.7 Å². The molecule has 4 heteroatoms. The molecule has 2 N–H and O–H groups in total. The summed E-state index contributed by atoms with van der Waals surface area (Å²) in [4.78, 5) is 13.7. The average molecular weight is 214 g/mol. The molecule has 0 bridgehead atoms. The predicted molar refractivity (Wildman–Crippen MR) is 59.6 cm³/mol. The Labute approximate surface area is 91.6 Å². The highest BCUT2D eigenvalue weighted by atomic mass is 16.3. The van der Waals surface area contributed by atoms with Crippen molar-refractivity contribution in [2.45, 2.75) is 51.8 Å². The highest BCUT2D eigenvalue weighted by Gasteiger charge is 2.30. The van der Waals surface area contributed by atoms with E-state index in [0.29, 0.717) is 6.04 Å². The number of amides is 1. The molecule has 4 nitrogen and oxygen atoms in total. The molecule has 15 heavy (non-hydrogen) atoms. The number of aliphatic hydroxyl groups is 1. The van der Waals surface area contributed by atoms with Gasteiger partial charge in [0.2, 0.25) is 5.91 Å². The minimum absolute atomic E-state index is 0.137. The lowest BCUT2D eigenvalue weighted by molar-refractivity contribution is -0.133. The Hall–Kier alpha value is -0.610. The quantitative estimate of drug-likeness (QED) is 0.694. The molecule has 1 saturated carbocycles. The van der Waals surface area contributed by atoms with Crippen LogP contribution in [0, 0.1) is 0 Å². The van der Waals surface area contributed by atoms with Crippen molar-refractivity contribution in [3.63, 3.8) is 0 Å². The van der Waals surface area contributed by atoms with Gasteiger partial charge in [0.1, 0.15) is 0 Å². The Bertz CT molecular complexity index is 211. The summed E-state index contributed by atoms with van der Waals surface area (Å²) in [6, 6.07) is 0.178. The van der Waals surface area contributed by atoms with Gasteiger partial charge in [0, 0.05) is 19.1 Å². The van der Waals surface area contributed by atoms with E-state index in [1.54, 1.807) is 0 Å². The molecule has 0 aromatic carbocycles. The predicted octanol–water partition coefficient (Wildman–Crippen LogP) is 0.356. The number of nitrogens with one attached hydrogen (secondary N) is 1. The first kappa shape index (κ1) is 12.5. The highest BCUT2D eigenvalue weighted by molar-refractivity contribution is 5.81. The van der Waals surface area contributed by atoms with Crippen molar-refractivity contribution < 1.29 is 9.90 Å². The third-order valence-corrected chi connectivity index (χ3v) is 3.04. The Morgan fingerprint density at radius 1 is 1.47 bits per heavy atom. The fourth-order valence-corrected chi connectivity index (χ4v) is 1.96. The van der Waals surface area contributed by atoms with Crippen molar-refractivity contribution in [3.05, 3.63) is 0 Å². The molecule has 1 aliphatic carbocycles. The minimum Gasteiger partial charge on any atom is -0.393 e. The van der Waals surface area contributed by atoms with Crippen LogP contribution in [0.4, 0.5) is 0 Å². The molecule has 0 aromatic heterocycles. The summed E-state index contributed by atoms with van der Waals surface area (Å²) < 4.78 is 0. The lowest BCUT2D eigenvalue weighted by Crippen LogP contribution is -2.53. The third-order valence-electron chi connectivity index (χ3n) is 3.04. The molecule has 0 radical (unpaired) electrons. The van der Waals surface area contributed by atoms with Crippen molar-refractivity contribution in [1.82, 2.24) is 10.2 Å². The Balaban J connectivity index is 2.32. The lowest BCUT2D eigenvalue weighted by Gasteiger charge is -2.35. The minimum atomic E-state index is -0.168. The van der Waals surface area contributed by atoms with Crippen LogP contribution in [0.25, 0.3) is 0 Å². The fourth-order valence-electron chi connectivity index (χ4n) is 1.96. The van der Waals surface area contributed by atoms with Gasteiger partial charge in [-0.25, -0.2) is 0 Å². The molecule has 0 aliphatic heterocycles. The van der Waals surface area contributed by atoms with E-state index in [-0.39, 0.29) is 18.1 Å². The lowest BCUT2D eigenvalue weighted by atomic mass is 9.89. The number of likely N-dealkylation sites (N-methyl/N-ethyl adjacent to an activating group) is 1. The Morgan fingerprint density at radius 2 is 2.00 bits per heavy atom. The number of carbonyl (C=O) groups excluding carboxylic acids is 1. The van der Waals surface area contributed by atoms with E-state index in [2.05, 4.69) is 5.32 Å². The largest absolute Gasteiger partial charge is 0.393 e. The van der Waals surface area contributed by atoms with Gasteiger partial charge >= 0.3 is 0 Å². The van der Waals surface area contributed by atoms with E-state index in [9.17, 15) is 4.79 Å². The molecule has 0 aromatic rings. The van der Waals surface area contributed by atoms with Gasteiger partial charge in [-0.2, -0.15) is 0 Å². The van der Waals surface area contributed by atoms with Crippen LogP contribution in [0.1, 0.15) is 33.6 Å². The molecule has 1 unspecified atom stereocenters. The van der Waals surface area contributed by atoms with Crippen LogP contribution < -0.4 is 5.32 Å². The summed E-state index contributed by atoms with van der Waals surface area (Å²) in [5.41, 5.74) is 0. The number of carbonyl (C=O) groups is 1. The molecule has 0 spiro atoms. The second-order valence-electron chi connectivity index (χ2n) is 4.22. The van der Waals surface area contributed by atoms with E-state index >= 15 is 0 Å². The van der Waals surface area contributed by atoms with Gasteiger partial charge in [-0.15, -0.1) is 0 Å². The number of aliphatic hydroxyl groups excluding tert-OH is 1. The van der Waals surface area contributed by atoms with Crippen LogP contribution >= 0.6 is 0 Å². The molecule has 88 valence electrons. The van der Waals surface area contributed by atoms with Crippen molar-refractivity contribution in [2.75, 3.05) is 13.1 Å². The van der Waals surface area contributed by atoms with Crippen molar-refractivity contribution in [2.24, 2.45) is 0 Å². The fraction of sp³-hybridized carbons (Fsp3) is 0.909. The van der Waals surface area contributed by atoms with Gasteiger partial charge < -0.3 is 15.3 Å². The molecular formula is C11H22N2O2. The summed E-state index contributed by atoms with van der Waals surface area (Å²) in [5, 5.41) is 12.4. The number of hydrogen-bond donors (Lipinski definition) is 2. The van der Waals surface area contributed by atoms with Crippen LogP contribution in [-0.4, -0.2) is 47.2 Å². The van der Waals surface area contributed by atoms with Crippen molar-refractivity contribution >= 4 is 5.91 Å². The van der Waals surface area contributed by atoms with Crippen LogP contribution in [0.2, 0.25) is 0 Å². The highest BCUT2D eigenvalue weighted by Crippen LogP contribution is 2.19. The van der Waals surface area contributed by atoms with Gasteiger partial charge in [-0.05, 0) is 33.6 Å². The molecule has 0 heterocycles. The summed E-state index contributed by atoms with van der Waals surface area (Å²) >= 11 is 0. The molecule has 1 fully saturated rings. The first-order valence-electron chi connectivity index (χ1n) is 5.81. The monoisotopic (exact) mass is 214 g/mol. The zero-order valence-electron chi connectivity index (χ0n) is 9.86. The topological polar surface area (TPSA) is 52.6 Å². The second kappa shape index (κ2) is 5.47. The number of nitrogens with zero attached hydrogens (tertiary/aromatic N) is 1. The maximum absolute atomic E-state index is 11.9. The standard InChI is InChI=1S/C11H22N2O2/c1-4-13(5-2)11(15)8(3)12-9-6-10(14)7-9/h8-10,12,14H,4-7H2,1-3H3. The van der Waals surface area contributed by atoms with Gasteiger partial charge in [0.05, 0.1) is 12.1 Å². The van der Waals surface area contributed by atoms with Crippen molar-refractivity contribution in [1.29, 1.82) is 0 Å². The van der Waals surface area contributed by atoms with Gasteiger partial charge in [-0.3, -0.25) is 4.79 Å². The van der Waals surface area contributed by atoms with Crippen LogP contribution in [0.5, 0.6) is 0 Å². The maximum Gasteiger partial charge on any atom is 0.239 e. The molecule has 1 aliphatic rings. The normalized spacial score (nSPS) is 26.9. The Kier molecular flexibility index (Phi) is 4.54. The summed E-state index contributed by atoms with van der Waals surface area (Å²) in [5.74, 6) is 0.154. The number of rotatable bonds is 5. The first-order chi connectivity index (χ1) is 7.08. The molecule has 0 saturated heterocycles. The van der Waals surface area contributed by atoms with E-state index in [0.717, 1.165) is 25.9 Å². The zero-order valence-corrected chi connectivity index (χ0v) is 9.86. The molecule has 1 atom stereocenters. The molecule has 1 rings (SSSR count). The summed E-state index contributed by atoms with van der Waals surface area (Å²) in [6.07, 6.45) is 1.38. The third kappa shape index (κ3) is 3.18. The van der Waals surface area contributed by atoms with E-state index < -0.39 is 0 Å². The van der Waals surface area contributed by atoms with Crippen LogP contribution in [0.3, 0.4) is 0 Å². The second-order valence-corrected chi connectivity index (χ2v) is 4.22. The van der Waals surface area contributed by atoms with E-state index in [4.69, 9.17) is 5.11 Å². The van der Waals surface area contributed by atoms with E-state index in [1.165, 1.54) is 0 Å². The first-order valence-corrected chi connectivity index (χ1v) is 5.81. The summed E-state index contributed by atoms with van der Waals surface area (Å²) in [6.45, 7) is 7.39. The van der Waals surface area contributed by atoms with Gasteiger partial charge in [-0.1, -0.05) is 0 Å². The zero-order chi connectivity index (χ0) is 11.4. The molecular weight excluding hydrogens is 192 g/mol. The smallest absolute Gasteiger partial charge is 0.239 e. The number of hydrogen-bond acceptors (Lipinski definition) is 3. The average Bonchev–Trinajstić information content (AvgIpc) is 2.17. The SMILES string of the molecule is CCN(CC)C(=O)C(C)NC1CC(O)C1. The van der Waals surface area contributed by atoms with Gasteiger partial charge in [0.25, 0.3) is 0 Å².